The lowest BCUT2D eigenvalue weighted by Gasteiger charge is -2.18. The van der Waals surface area contributed by atoms with Gasteiger partial charge in [-0.3, -0.25) is 4.79 Å². The number of fused-ring (bicyclic) bond motifs is 3. The number of hydrogen-bond acceptors (Lipinski definition) is 3. The van der Waals surface area contributed by atoms with Gasteiger partial charge in [-0.15, -0.1) is 0 Å². The smallest absolute Gasteiger partial charge is 0.250 e. The number of ether oxygens (including phenoxy) is 2. The molecule has 0 saturated heterocycles. The molecule has 0 saturated carbocycles. The van der Waals surface area contributed by atoms with Crippen LogP contribution in [0.2, 0.25) is 0 Å². The number of aryl methyl sites for hydroxylation is 2. The number of carbonyl (C=O) groups is 1. The van der Waals surface area contributed by atoms with Gasteiger partial charge in [0.25, 0.3) is 5.91 Å². The van der Waals surface area contributed by atoms with E-state index < -0.39 is 5.91 Å². The summed E-state index contributed by atoms with van der Waals surface area (Å²) >= 11 is 0. The molecule has 0 fully saturated rings. The van der Waals surface area contributed by atoms with Gasteiger partial charge in [-0.1, -0.05) is 24.3 Å². The van der Waals surface area contributed by atoms with Crippen LogP contribution in [0, 0.1) is 0 Å². The van der Waals surface area contributed by atoms with Crippen LogP contribution in [0.4, 0.5) is 0 Å². The molecule has 2 aromatic carbocycles. The largest absolute Gasteiger partial charge is 0.457 e. The average molecular weight is 308 g/mol. The first-order valence-corrected chi connectivity index (χ1v) is 7.48. The number of hydrogen-bond donors (Lipinski definition) is 1. The highest BCUT2D eigenvalue weighted by Crippen LogP contribution is 2.29. The summed E-state index contributed by atoms with van der Waals surface area (Å²) < 4.78 is 12.9. The molecule has 1 aromatic heterocycles. The van der Waals surface area contributed by atoms with Gasteiger partial charge in [0.2, 0.25) is 6.79 Å². The molecule has 0 spiro atoms. The van der Waals surface area contributed by atoms with E-state index in [1.54, 1.807) is 0 Å². The Morgan fingerprint density at radius 1 is 1.17 bits per heavy atom. The van der Waals surface area contributed by atoms with E-state index in [1.807, 2.05) is 48.7 Å². The molecule has 2 N–H and O–H groups in total. The zero-order valence-electron chi connectivity index (χ0n) is 12.5. The number of aromatic nitrogens is 1. The molecule has 5 heteroatoms. The third-order valence-corrected chi connectivity index (χ3v) is 4.15. The zero-order chi connectivity index (χ0) is 15.8. The second kappa shape index (κ2) is 5.35. The Balaban J connectivity index is 1.65. The number of para-hydroxylation sites is 1. The van der Waals surface area contributed by atoms with Crippen LogP contribution < -0.4 is 15.2 Å². The highest BCUT2D eigenvalue weighted by molar-refractivity contribution is 6.06. The summed E-state index contributed by atoms with van der Waals surface area (Å²) in [6.45, 7) is 0.998. The summed E-state index contributed by atoms with van der Waals surface area (Å²) in [7, 11) is 0. The van der Waals surface area contributed by atoms with Crippen LogP contribution >= 0.6 is 0 Å². The monoisotopic (exact) mass is 308 g/mol. The summed E-state index contributed by atoms with van der Waals surface area (Å²) in [6.07, 6.45) is 2.63. The van der Waals surface area contributed by atoms with E-state index in [9.17, 15) is 4.79 Å². The third kappa shape index (κ3) is 2.40. The standard InChI is InChI=1S/C18H16N2O3/c19-18(21)15-10-20(16-4-2-1-3-14(15)16)8-7-12-5-6-13-9-17(12)23-11-22-13/h1-6,9-10H,7-8,11H2,(H2,19,21). The molecule has 4 rings (SSSR count). The molecule has 1 aliphatic rings. The minimum Gasteiger partial charge on any atom is -0.457 e. The lowest BCUT2D eigenvalue weighted by atomic mass is 10.1. The zero-order valence-corrected chi connectivity index (χ0v) is 12.5. The quantitative estimate of drug-likeness (QED) is 0.806. The number of amides is 1. The Hall–Kier alpha value is -2.95. The summed E-state index contributed by atoms with van der Waals surface area (Å²) in [5, 5.41) is 0.890. The SMILES string of the molecule is NC(=O)c1cn(CCc2ccc3cc2OCO3)c2ccccc12. The van der Waals surface area contributed by atoms with Crippen molar-refractivity contribution in [3.63, 3.8) is 0 Å². The van der Waals surface area contributed by atoms with Crippen molar-refractivity contribution in [3.05, 3.63) is 59.8 Å². The number of rotatable bonds is 4. The van der Waals surface area contributed by atoms with Crippen molar-refractivity contribution >= 4 is 16.8 Å². The predicted octanol–water partition coefficient (Wildman–Crippen LogP) is 2.71. The molecular weight excluding hydrogens is 292 g/mol. The molecular formula is C18H16N2O3. The van der Waals surface area contributed by atoms with Gasteiger partial charge >= 0.3 is 0 Å². The first kappa shape index (κ1) is 13.7. The number of nitrogens with zero attached hydrogens (tertiary/aromatic N) is 1. The summed E-state index contributed by atoms with van der Waals surface area (Å²) in [4.78, 5) is 11.6. The van der Waals surface area contributed by atoms with Crippen LogP contribution in [0.15, 0.2) is 48.7 Å². The average Bonchev–Trinajstić information content (AvgIpc) is 2.94. The maximum Gasteiger partial charge on any atom is 0.250 e. The van der Waals surface area contributed by atoms with E-state index in [1.165, 1.54) is 0 Å². The van der Waals surface area contributed by atoms with Crippen molar-refractivity contribution in [1.82, 2.24) is 4.57 Å². The van der Waals surface area contributed by atoms with Gasteiger partial charge in [0.15, 0.2) is 0 Å². The highest BCUT2D eigenvalue weighted by Gasteiger charge is 2.14. The van der Waals surface area contributed by atoms with Crippen molar-refractivity contribution in [3.8, 4) is 11.5 Å². The minimum atomic E-state index is -0.403. The number of carbonyl (C=O) groups excluding carboxylic acids is 1. The minimum absolute atomic E-state index is 0.257. The molecule has 0 atom stereocenters. The maximum absolute atomic E-state index is 11.6. The lowest BCUT2D eigenvalue weighted by molar-refractivity contribution is 0.100. The van der Waals surface area contributed by atoms with Crippen LogP contribution in [0.1, 0.15) is 15.9 Å². The second-order valence-electron chi connectivity index (χ2n) is 5.54. The lowest BCUT2D eigenvalue weighted by Crippen LogP contribution is -2.13. The van der Waals surface area contributed by atoms with E-state index in [-0.39, 0.29) is 6.79 Å². The van der Waals surface area contributed by atoms with Crippen molar-refractivity contribution in [2.75, 3.05) is 6.79 Å². The fraction of sp³-hybridized carbons (Fsp3) is 0.167. The molecule has 0 unspecified atom stereocenters. The van der Waals surface area contributed by atoms with Crippen molar-refractivity contribution in [2.45, 2.75) is 13.0 Å². The second-order valence-corrected chi connectivity index (χ2v) is 5.54. The Kier molecular flexibility index (Phi) is 3.19. The van der Waals surface area contributed by atoms with Crippen molar-refractivity contribution in [2.24, 2.45) is 5.73 Å². The molecule has 23 heavy (non-hydrogen) atoms. The van der Waals surface area contributed by atoms with Gasteiger partial charge in [-0.2, -0.15) is 0 Å². The van der Waals surface area contributed by atoms with Crippen LogP contribution in [0.5, 0.6) is 11.5 Å². The van der Waals surface area contributed by atoms with Crippen LogP contribution in [0.25, 0.3) is 10.9 Å². The highest BCUT2D eigenvalue weighted by atomic mass is 16.7. The third-order valence-electron chi connectivity index (χ3n) is 4.15. The summed E-state index contributed by atoms with van der Waals surface area (Å²) in [5.74, 6) is 1.29. The molecule has 2 heterocycles. The molecule has 1 amide bonds. The Bertz CT molecular complexity index is 898. The van der Waals surface area contributed by atoms with Gasteiger partial charge in [0, 0.05) is 29.7 Å². The number of benzene rings is 2. The van der Waals surface area contributed by atoms with E-state index >= 15 is 0 Å². The predicted molar refractivity (Wildman–Crippen MR) is 86.7 cm³/mol. The summed E-state index contributed by atoms with van der Waals surface area (Å²) in [6, 6.07) is 13.7. The molecule has 0 aliphatic carbocycles. The molecule has 2 bridgehead atoms. The molecule has 3 aromatic rings. The van der Waals surface area contributed by atoms with E-state index in [4.69, 9.17) is 15.2 Å². The van der Waals surface area contributed by atoms with Gasteiger partial charge < -0.3 is 19.8 Å². The van der Waals surface area contributed by atoms with Crippen molar-refractivity contribution < 1.29 is 14.3 Å². The topological polar surface area (TPSA) is 66.5 Å². The Morgan fingerprint density at radius 3 is 2.91 bits per heavy atom. The molecule has 5 nitrogen and oxygen atoms in total. The van der Waals surface area contributed by atoms with Gasteiger partial charge in [0.05, 0.1) is 5.56 Å². The first-order chi connectivity index (χ1) is 11.2. The first-order valence-electron chi connectivity index (χ1n) is 7.48. The summed E-state index contributed by atoms with van der Waals surface area (Å²) in [5.41, 5.74) is 8.17. The number of primary amides is 1. The maximum atomic E-state index is 11.6. The fourth-order valence-electron chi connectivity index (χ4n) is 3.00. The van der Waals surface area contributed by atoms with E-state index in [2.05, 4.69) is 4.57 Å². The van der Waals surface area contributed by atoms with E-state index in [0.717, 1.165) is 40.9 Å². The molecule has 0 radical (unpaired) electrons. The van der Waals surface area contributed by atoms with E-state index in [0.29, 0.717) is 5.56 Å². The number of nitrogens with two attached hydrogens (primary N) is 1. The van der Waals surface area contributed by atoms with Gasteiger partial charge in [-0.25, -0.2) is 0 Å². The van der Waals surface area contributed by atoms with Crippen molar-refractivity contribution in [1.29, 1.82) is 0 Å². The van der Waals surface area contributed by atoms with Crippen LogP contribution in [-0.2, 0) is 13.0 Å². The molecule has 1 aliphatic heterocycles. The van der Waals surface area contributed by atoms with Gasteiger partial charge in [-0.05, 0) is 24.1 Å². The van der Waals surface area contributed by atoms with Crippen LogP contribution in [0.3, 0.4) is 0 Å². The van der Waals surface area contributed by atoms with Crippen LogP contribution in [-0.4, -0.2) is 17.3 Å². The normalized spacial score (nSPS) is 12.7. The Morgan fingerprint density at radius 2 is 2.04 bits per heavy atom. The molecule has 116 valence electrons. The Labute approximate surface area is 133 Å². The fourth-order valence-corrected chi connectivity index (χ4v) is 3.00. The van der Waals surface area contributed by atoms with Gasteiger partial charge in [0.1, 0.15) is 11.5 Å².